The fourth-order valence-electron chi connectivity index (χ4n) is 3.63. The minimum atomic E-state index is -1.14. The summed E-state index contributed by atoms with van der Waals surface area (Å²) in [4.78, 5) is 41.3. The molecule has 1 aromatic carbocycles. The summed E-state index contributed by atoms with van der Waals surface area (Å²) in [6.07, 6.45) is 8.45. The quantitative estimate of drug-likeness (QED) is 0.373. The van der Waals surface area contributed by atoms with Crippen LogP contribution >= 0.6 is 0 Å². The summed E-state index contributed by atoms with van der Waals surface area (Å²) in [6.45, 7) is 10.5. The van der Waals surface area contributed by atoms with E-state index in [-0.39, 0.29) is 28.5 Å². The number of carboxylic acids is 1. The molecule has 0 radical (unpaired) electrons. The first-order valence-corrected chi connectivity index (χ1v) is 11.9. The molecule has 0 fully saturated rings. The molecule has 0 unspecified atom stereocenters. The van der Waals surface area contributed by atoms with Gasteiger partial charge in [0.15, 0.2) is 0 Å². The Balaban J connectivity index is 3.08. The van der Waals surface area contributed by atoms with Crippen LogP contribution in [-0.4, -0.2) is 58.9 Å². The van der Waals surface area contributed by atoms with Crippen molar-refractivity contribution in [1.29, 1.82) is 0 Å². The third-order valence-electron chi connectivity index (χ3n) is 5.57. The van der Waals surface area contributed by atoms with Gasteiger partial charge in [-0.15, -0.1) is 0 Å². The molecule has 6 nitrogen and oxygen atoms in total. The highest BCUT2D eigenvalue weighted by molar-refractivity contribution is 6.03. The molecule has 0 aliphatic heterocycles. The van der Waals surface area contributed by atoms with Crippen LogP contribution in [0.2, 0.25) is 0 Å². The highest BCUT2D eigenvalue weighted by Crippen LogP contribution is 2.17. The molecule has 0 atom stereocenters. The van der Waals surface area contributed by atoms with Gasteiger partial charge in [0.05, 0.1) is 5.56 Å². The van der Waals surface area contributed by atoms with Gasteiger partial charge in [-0.1, -0.05) is 52.4 Å². The molecule has 0 heterocycles. The molecular formula is C25H40N2O4. The zero-order chi connectivity index (χ0) is 23.2. The lowest BCUT2D eigenvalue weighted by atomic mass is 10.0. The summed E-state index contributed by atoms with van der Waals surface area (Å²) < 4.78 is 0. The van der Waals surface area contributed by atoms with Gasteiger partial charge in [0.1, 0.15) is 0 Å². The number of carbonyl (C=O) groups is 3. The molecule has 0 saturated heterocycles. The van der Waals surface area contributed by atoms with E-state index in [9.17, 15) is 19.5 Å². The predicted octanol–water partition coefficient (Wildman–Crippen LogP) is 5.47. The Morgan fingerprint density at radius 1 is 0.645 bits per heavy atom. The normalized spacial score (nSPS) is 10.7. The number of rotatable bonds is 15. The van der Waals surface area contributed by atoms with Crippen LogP contribution < -0.4 is 0 Å². The van der Waals surface area contributed by atoms with E-state index in [1.54, 1.807) is 15.9 Å². The van der Waals surface area contributed by atoms with Crippen LogP contribution in [0.3, 0.4) is 0 Å². The monoisotopic (exact) mass is 432 g/mol. The number of hydrogen-bond donors (Lipinski definition) is 1. The second-order valence-corrected chi connectivity index (χ2v) is 8.00. The Hall–Kier alpha value is -2.37. The molecule has 31 heavy (non-hydrogen) atoms. The fourth-order valence-corrected chi connectivity index (χ4v) is 3.63. The molecule has 1 N–H and O–H groups in total. The van der Waals surface area contributed by atoms with Crippen molar-refractivity contribution in [2.75, 3.05) is 26.2 Å². The van der Waals surface area contributed by atoms with Gasteiger partial charge in [0, 0.05) is 37.3 Å². The molecule has 0 spiro atoms. The van der Waals surface area contributed by atoms with Crippen LogP contribution in [0.1, 0.15) is 110 Å². The van der Waals surface area contributed by atoms with Crippen molar-refractivity contribution in [3.05, 3.63) is 34.9 Å². The molecule has 1 rings (SSSR count). The molecule has 174 valence electrons. The lowest BCUT2D eigenvalue weighted by Gasteiger charge is -2.23. The largest absolute Gasteiger partial charge is 0.478 e. The Morgan fingerprint density at radius 2 is 1.03 bits per heavy atom. The van der Waals surface area contributed by atoms with Gasteiger partial charge in [0.2, 0.25) is 0 Å². The van der Waals surface area contributed by atoms with Crippen LogP contribution in [0.5, 0.6) is 0 Å². The average Bonchev–Trinajstić information content (AvgIpc) is 2.78. The zero-order valence-electron chi connectivity index (χ0n) is 19.8. The number of unbranched alkanes of at least 4 members (excludes halogenated alkanes) is 6. The summed E-state index contributed by atoms with van der Waals surface area (Å²) in [7, 11) is 0. The van der Waals surface area contributed by atoms with E-state index in [4.69, 9.17) is 0 Å². The van der Waals surface area contributed by atoms with E-state index in [0.717, 1.165) is 51.4 Å². The lowest BCUT2D eigenvalue weighted by Crippen LogP contribution is -2.34. The predicted molar refractivity (Wildman–Crippen MR) is 125 cm³/mol. The maximum absolute atomic E-state index is 13.1. The molecule has 0 aromatic heterocycles. The molecule has 0 aliphatic carbocycles. The molecule has 6 heteroatoms. The molecule has 0 aliphatic rings. The van der Waals surface area contributed by atoms with Crippen molar-refractivity contribution in [3.63, 3.8) is 0 Å². The maximum atomic E-state index is 13.1. The van der Waals surface area contributed by atoms with Crippen molar-refractivity contribution in [3.8, 4) is 0 Å². The van der Waals surface area contributed by atoms with Crippen LogP contribution in [0.4, 0.5) is 0 Å². The van der Waals surface area contributed by atoms with Gasteiger partial charge in [0.25, 0.3) is 11.8 Å². The van der Waals surface area contributed by atoms with E-state index in [2.05, 4.69) is 13.8 Å². The minimum absolute atomic E-state index is 0.0294. The second-order valence-electron chi connectivity index (χ2n) is 8.00. The zero-order valence-corrected chi connectivity index (χ0v) is 19.8. The van der Waals surface area contributed by atoms with E-state index in [1.165, 1.54) is 12.1 Å². The first-order valence-electron chi connectivity index (χ1n) is 11.9. The Labute approximate surface area is 187 Å². The smallest absolute Gasteiger partial charge is 0.335 e. The van der Waals surface area contributed by atoms with Gasteiger partial charge in [-0.2, -0.15) is 0 Å². The number of hydrogen-bond acceptors (Lipinski definition) is 3. The van der Waals surface area contributed by atoms with Gasteiger partial charge < -0.3 is 14.9 Å². The summed E-state index contributed by atoms with van der Waals surface area (Å²) in [5, 5.41) is 9.54. The topological polar surface area (TPSA) is 77.9 Å². The van der Waals surface area contributed by atoms with Gasteiger partial charge >= 0.3 is 5.97 Å². The third kappa shape index (κ3) is 8.72. The van der Waals surface area contributed by atoms with Gasteiger partial charge in [-0.05, 0) is 44.9 Å². The third-order valence-corrected chi connectivity index (χ3v) is 5.57. The van der Waals surface area contributed by atoms with Crippen LogP contribution in [0, 0.1) is 0 Å². The summed E-state index contributed by atoms with van der Waals surface area (Å²) in [5.41, 5.74) is 0.503. The SMILES string of the molecule is CCCCCCN(CC)C(=O)c1cc(C(=O)O)cc(C(=O)N(CC)CCCCCC)c1. The average molecular weight is 433 g/mol. The van der Waals surface area contributed by atoms with E-state index >= 15 is 0 Å². The summed E-state index contributed by atoms with van der Waals surface area (Å²) in [5.74, 6) is -1.58. The Kier molecular flexibility index (Phi) is 12.6. The lowest BCUT2D eigenvalue weighted by molar-refractivity contribution is 0.0697. The molecule has 0 saturated carbocycles. The highest BCUT2D eigenvalue weighted by atomic mass is 16.4. The number of benzene rings is 1. The highest BCUT2D eigenvalue weighted by Gasteiger charge is 2.21. The summed E-state index contributed by atoms with van der Waals surface area (Å²) in [6, 6.07) is 4.32. The van der Waals surface area contributed by atoms with Crippen LogP contribution in [-0.2, 0) is 0 Å². The van der Waals surface area contributed by atoms with Crippen molar-refractivity contribution in [2.24, 2.45) is 0 Å². The number of amides is 2. The van der Waals surface area contributed by atoms with E-state index in [1.807, 2.05) is 13.8 Å². The van der Waals surface area contributed by atoms with Crippen LogP contribution in [0.25, 0.3) is 0 Å². The first kappa shape index (κ1) is 26.7. The molecule has 2 amide bonds. The number of aromatic carboxylic acids is 1. The first-order chi connectivity index (χ1) is 14.9. The number of carbonyl (C=O) groups excluding carboxylic acids is 2. The van der Waals surface area contributed by atoms with Gasteiger partial charge in [-0.3, -0.25) is 9.59 Å². The second kappa shape index (κ2) is 14.6. The van der Waals surface area contributed by atoms with Crippen molar-refractivity contribution >= 4 is 17.8 Å². The van der Waals surface area contributed by atoms with Crippen LogP contribution in [0.15, 0.2) is 18.2 Å². The summed E-state index contributed by atoms with van der Waals surface area (Å²) >= 11 is 0. The fraction of sp³-hybridized carbons (Fsp3) is 0.640. The molecular weight excluding hydrogens is 392 g/mol. The standard InChI is InChI=1S/C25H40N2O4/c1-5-9-11-13-15-26(7-3)23(28)20-17-21(19-22(18-20)25(30)31)24(29)27(8-4)16-14-12-10-6-2/h17-19H,5-16H2,1-4H3,(H,30,31). The molecule has 0 bridgehead atoms. The number of nitrogens with zero attached hydrogens (tertiary/aromatic N) is 2. The number of carboxylic acid groups (broad SMARTS) is 1. The molecule has 1 aromatic rings. The van der Waals surface area contributed by atoms with Gasteiger partial charge in [-0.25, -0.2) is 4.79 Å². The van der Waals surface area contributed by atoms with Crippen molar-refractivity contribution < 1.29 is 19.5 Å². The minimum Gasteiger partial charge on any atom is -0.478 e. The Bertz CT molecular complexity index is 667. The van der Waals surface area contributed by atoms with Crippen molar-refractivity contribution in [1.82, 2.24) is 9.80 Å². The van der Waals surface area contributed by atoms with E-state index < -0.39 is 5.97 Å². The van der Waals surface area contributed by atoms with Crippen molar-refractivity contribution in [2.45, 2.75) is 79.1 Å². The maximum Gasteiger partial charge on any atom is 0.335 e. The van der Waals surface area contributed by atoms with E-state index in [0.29, 0.717) is 26.2 Å². The Morgan fingerprint density at radius 3 is 1.35 bits per heavy atom.